The molecule has 60 valence electrons. The number of hydrogen-bond donors (Lipinski definition) is 2. The van der Waals surface area contributed by atoms with Gasteiger partial charge in [-0.3, -0.25) is 0 Å². The smallest absolute Gasteiger partial charge is 0.233 e. The van der Waals surface area contributed by atoms with Crippen LogP contribution in [0.1, 0.15) is 6.92 Å². The molecule has 0 amide bonds. The van der Waals surface area contributed by atoms with Gasteiger partial charge in [0.25, 0.3) is 0 Å². The maximum Gasteiger partial charge on any atom is 0.233 e. The summed E-state index contributed by atoms with van der Waals surface area (Å²) < 4.78 is 3.81. The van der Waals surface area contributed by atoms with Crippen LogP contribution in [0, 0.1) is 0 Å². The van der Waals surface area contributed by atoms with Crippen molar-refractivity contribution in [2.24, 2.45) is 0 Å². The summed E-state index contributed by atoms with van der Waals surface area (Å²) in [6, 6.07) is 0. The number of rotatable bonds is 3. The van der Waals surface area contributed by atoms with Crippen molar-refractivity contribution in [3.8, 4) is 0 Å². The normalized spacial score (nSPS) is 9.55. The van der Waals surface area contributed by atoms with Crippen molar-refractivity contribution in [1.29, 1.82) is 0 Å². The fourth-order valence-corrected chi connectivity index (χ4v) is 1.03. The number of nitrogens with two attached hydrogens (primary N) is 1. The molecule has 0 aromatic carbocycles. The van der Waals surface area contributed by atoms with Gasteiger partial charge in [0.1, 0.15) is 0 Å². The Morgan fingerprint density at radius 2 is 2.55 bits per heavy atom. The highest BCUT2D eigenvalue weighted by Crippen LogP contribution is 2.11. The van der Waals surface area contributed by atoms with E-state index in [0.717, 1.165) is 10.7 Å². The molecule has 0 aliphatic rings. The Morgan fingerprint density at radius 3 is 3.00 bits per heavy atom. The van der Waals surface area contributed by atoms with E-state index in [-0.39, 0.29) is 0 Å². The first-order valence-electron chi connectivity index (χ1n) is 3.16. The highest BCUT2D eigenvalue weighted by atomic mass is 32.1. The van der Waals surface area contributed by atoms with E-state index < -0.39 is 0 Å². The Morgan fingerprint density at radius 1 is 1.82 bits per heavy atom. The number of aromatic nitrogens is 2. The molecular weight excluding hydrogens is 160 g/mol. The van der Waals surface area contributed by atoms with Gasteiger partial charge in [0.15, 0.2) is 0 Å². The van der Waals surface area contributed by atoms with Gasteiger partial charge in [-0.05, 0) is 6.92 Å². The van der Waals surface area contributed by atoms with Crippen molar-refractivity contribution in [3.63, 3.8) is 0 Å². The van der Waals surface area contributed by atoms with Crippen molar-refractivity contribution < 1.29 is 0 Å². The third kappa shape index (κ3) is 2.55. The first kappa shape index (κ1) is 8.00. The monoisotopic (exact) mass is 170 g/mol. The second kappa shape index (κ2) is 3.34. The molecule has 0 saturated heterocycles. The summed E-state index contributed by atoms with van der Waals surface area (Å²) in [6.07, 6.45) is 0. The fraction of sp³-hybridized carbons (Fsp3) is 0.333. The molecule has 0 spiro atoms. The van der Waals surface area contributed by atoms with E-state index in [2.05, 4.69) is 21.3 Å². The fourth-order valence-electron chi connectivity index (χ4n) is 0.533. The van der Waals surface area contributed by atoms with Crippen molar-refractivity contribution in [3.05, 3.63) is 12.2 Å². The molecule has 1 aromatic heterocycles. The van der Waals surface area contributed by atoms with Crippen LogP contribution in [-0.4, -0.2) is 15.9 Å². The molecule has 0 unspecified atom stereocenters. The standard InChI is InChI=1S/C6H10N4S/c1-4(2)3-8-6-9-5(7)10-11-6/h1,3H2,2H3,(H3,7,8,9,10). The van der Waals surface area contributed by atoms with E-state index in [1.54, 1.807) is 0 Å². The van der Waals surface area contributed by atoms with Crippen LogP contribution < -0.4 is 11.1 Å². The Bertz CT molecular complexity index is 255. The van der Waals surface area contributed by atoms with Crippen molar-refractivity contribution in [2.45, 2.75) is 6.92 Å². The molecule has 0 aliphatic heterocycles. The highest BCUT2D eigenvalue weighted by Gasteiger charge is 1.97. The van der Waals surface area contributed by atoms with Crippen molar-refractivity contribution >= 4 is 22.6 Å². The summed E-state index contributed by atoms with van der Waals surface area (Å²) in [5, 5.41) is 3.77. The van der Waals surface area contributed by atoms with E-state index in [4.69, 9.17) is 5.73 Å². The average molecular weight is 170 g/mol. The lowest BCUT2D eigenvalue weighted by Crippen LogP contribution is -2.01. The second-order valence-electron chi connectivity index (χ2n) is 2.27. The molecule has 1 aromatic rings. The maximum atomic E-state index is 5.31. The lowest BCUT2D eigenvalue weighted by atomic mass is 10.4. The predicted molar refractivity (Wildman–Crippen MR) is 47.6 cm³/mol. The zero-order valence-electron chi connectivity index (χ0n) is 6.29. The van der Waals surface area contributed by atoms with E-state index in [1.807, 2.05) is 6.92 Å². The topological polar surface area (TPSA) is 63.8 Å². The zero-order chi connectivity index (χ0) is 8.27. The van der Waals surface area contributed by atoms with E-state index in [9.17, 15) is 0 Å². The molecule has 5 heteroatoms. The van der Waals surface area contributed by atoms with Crippen LogP contribution >= 0.6 is 11.5 Å². The minimum atomic E-state index is 0.319. The van der Waals surface area contributed by atoms with Gasteiger partial charge in [0.05, 0.1) is 0 Å². The molecule has 0 aliphatic carbocycles. The highest BCUT2D eigenvalue weighted by molar-refractivity contribution is 7.09. The SMILES string of the molecule is C=C(C)CNc1nc(N)ns1. The number of hydrogen-bond acceptors (Lipinski definition) is 5. The Kier molecular flexibility index (Phi) is 2.43. The number of nitrogens with one attached hydrogen (secondary N) is 1. The third-order valence-corrected chi connectivity index (χ3v) is 1.67. The van der Waals surface area contributed by atoms with Gasteiger partial charge in [0, 0.05) is 18.1 Å². The lowest BCUT2D eigenvalue weighted by Gasteiger charge is -1.98. The van der Waals surface area contributed by atoms with Gasteiger partial charge in [-0.15, -0.1) is 0 Å². The van der Waals surface area contributed by atoms with Crippen LogP contribution in [0.2, 0.25) is 0 Å². The van der Waals surface area contributed by atoms with Gasteiger partial charge >= 0.3 is 0 Å². The molecule has 0 atom stereocenters. The molecular formula is C6H10N4S. The van der Waals surface area contributed by atoms with Crippen LogP contribution in [0.25, 0.3) is 0 Å². The molecule has 11 heavy (non-hydrogen) atoms. The molecule has 0 bridgehead atoms. The van der Waals surface area contributed by atoms with Gasteiger partial charge in [0.2, 0.25) is 11.1 Å². The molecule has 4 nitrogen and oxygen atoms in total. The summed E-state index contributed by atoms with van der Waals surface area (Å²) in [7, 11) is 0. The van der Waals surface area contributed by atoms with Crippen LogP contribution in [0.3, 0.4) is 0 Å². The predicted octanol–water partition coefficient (Wildman–Crippen LogP) is 1.11. The largest absolute Gasteiger partial charge is 0.367 e. The van der Waals surface area contributed by atoms with E-state index in [1.165, 1.54) is 11.5 Å². The molecule has 0 fully saturated rings. The minimum Gasteiger partial charge on any atom is -0.367 e. The first-order valence-corrected chi connectivity index (χ1v) is 3.93. The van der Waals surface area contributed by atoms with Gasteiger partial charge in [-0.2, -0.15) is 9.36 Å². The second-order valence-corrected chi connectivity index (χ2v) is 3.02. The molecule has 1 heterocycles. The molecule has 0 saturated carbocycles. The summed E-state index contributed by atoms with van der Waals surface area (Å²) >= 11 is 1.25. The summed E-state index contributed by atoms with van der Waals surface area (Å²) in [4.78, 5) is 3.92. The quantitative estimate of drug-likeness (QED) is 0.667. The van der Waals surface area contributed by atoms with Gasteiger partial charge in [-0.25, -0.2) is 0 Å². The molecule has 0 radical (unpaired) electrons. The van der Waals surface area contributed by atoms with Gasteiger partial charge in [-0.1, -0.05) is 12.2 Å². The molecule has 3 N–H and O–H groups in total. The minimum absolute atomic E-state index is 0.319. The Labute approximate surface area is 69.3 Å². The number of nitrogen functional groups attached to an aromatic ring is 1. The number of nitrogens with zero attached hydrogens (tertiary/aromatic N) is 2. The van der Waals surface area contributed by atoms with E-state index in [0.29, 0.717) is 12.5 Å². The van der Waals surface area contributed by atoms with Crippen molar-refractivity contribution in [1.82, 2.24) is 9.36 Å². The summed E-state index contributed by atoms with van der Waals surface area (Å²) in [6.45, 7) is 6.40. The Hall–Kier alpha value is -1.10. The first-order chi connectivity index (χ1) is 5.18. The average Bonchev–Trinajstić information content (AvgIpc) is 2.31. The summed E-state index contributed by atoms with van der Waals surface area (Å²) in [5.74, 6) is 0.319. The Balaban J connectivity index is 2.45. The van der Waals surface area contributed by atoms with Crippen LogP contribution in [0.5, 0.6) is 0 Å². The van der Waals surface area contributed by atoms with Gasteiger partial charge < -0.3 is 11.1 Å². The van der Waals surface area contributed by atoms with E-state index >= 15 is 0 Å². The van der Waals surface area contributed by atoms with Crippen LogP contribution in [-0.2, 0) is 0 Å². The molecule has 1 rings (SSSR count). The summed E-state index contributed by atoms with van der Waals surface area (Å²) in [5.41, 5.74) is 6.37. The lowest BCUT2D eigenvalue weighted by molar-refractivity contribution is 1.19. The maximum absolute atomic E-state index is 5.31. The third-order valence-electron chi connectivity index (χ3n) is 0.983. The van der Waals surface area contributed by atoms with Crippen molar-refractivity contribution in [2.75, 3.05) is 17.6 Å². The van der Waals surface area contributed by atoms with Crippen LogP contribution in [0.15, 0.2) is 12.2 Å². The van der Waals surface area contributed by atoms with Crippen LogP contribution in [0.4, 0.5) is 11.1 Å². The number of anilines is 2. The zero-order valence-corrected chi connectivity index (χ0v) is 7.11.